The minimum absolute atomic E-state index is 0.375. The molecule has 1 unspecified atom stereocenters. The average molecular weight is 261 g/mol. The molecule has 0 spiro atoms. The van der Waals surface area contributed by atoms with E-state index < -0.39 is 17.6 Å². The molecule has 100 valence electrons. The fourth-order valence-electron chi connectivity index (χ4n) is 2.13. The molecule has 1 aliphatic heterocycles. The Bertz CT molecular complexity index is 580. The zero-order chi connectivity index (χ0) is 13.8. The number of amides is 2. The van der Waals surface area contributed by atoms with Gasteiger partial charge in [0.1, 0.15) is 5.75 Å². The third-order valence-corrected chi connectivity index (χ3v) is 3.51. The third-order valence-electron chi connectivity index (χ3n) is 3.51. The monoisotopic (exact) mass is 261 g/mol. The van der Waals surface area contributed by atoms with Gasteiger partial charge in [0.25, 0.3) is 11.8 Å². The summed E-state index contributed by atoms with van der Waals surface area (Å²) in [4.78, 5) is 25.7. The molecule has 2 amide bonds. The van der Waals surface area contributed by atoms with Gasteiger partial charge in [-0.15, -0.1) is 0 Å². The molecule has 0 radical (unpaired) electrons. The summed E-state index contributed by atoms with van der Waals surface area (Å²) in [5, 5.41) is 0. The predicted octanol–water partition coefficient (Wildman–Crippen LogP) is 0.401. The fraction of sp³-hybridized carbons (Fsp3) is 0.385. The number of nitrogens with zero attached hydrogens (tertiary/aromatic N) is 1. The first kappa shape index (κ1) is 12.0. The SMILES string of the molecule is CC1Oc2ccc(N)cc2N(C(=O)C2(N)CC2)C1=O. The number of nitrogens with two attached hydrogens (primary N) is 2. The lowest BCUT2D eigenvalue weighted by Gasteiger charge is -2.33. The minimum Gasteiger partial charge on any atom is -0.479 e. The van der Waals surface area contributed by atoms with Gasteiger partial charge in [-0.05, 0) is 38.0 Å². The Morgan fingerprint density at radius 3 is 2.79 bits per heavy atom. The Morgan fingerprint density at radius 2 is 2.16 bits per heavy atom. The number of rotatable bonds is 1. The van der Waals surface area contributed by atoms with Crippen molar-refractivity contribution in [1.29, 1.82) is 0 Å². The molecule has 2 aliphatic rings. The molecule has 1 saturated carbocycles. The van der Waals surface area contributed by atoms with E-state index in [0.29, 0.717) is 30.0 Å². The van der Waals surface area contributed by atoms with E-state index in [4.69, 9.17) is 16.2 Å². The highest BCUT2D eigenvalue weighted by atomic mass is 16.5. The summed E-state index contributed by atoms with van der Waals surface area (Å²) >= 11 is 0. The van der Waals surface area contributed by atoms with Crippen molar-refractivity contribution in [3.63, 3.8) is 0 Å². The first-order chi connectivity index (χ1) is 8.92. The maximum Gasteiger partial charge on any atom is 0.274 e. The van der Waals surface area contributed by atoms with E-state index in [1.54, 1.807) is 25.1 Å². The molecule has 3 rings (SSSR count). The van der Waals surface area contributed by atoms with Crippen LogP contribution in [-0.2, 0) is 9.59 Å². The van der Waals surface area contributed by atoms with Crippen LogP contribution in [0.5, 0.6) is 5.75 Å². The van der Waals surface area contributed by atoms with Crippen LogP contribution in [-0.4, -0.2) is 23.5 Å². The van der Waals surface area contributed by atoms with E-state index in [1.165, 1.54) is 0 Å². The van der Waals surface area contributed by atoms with E-state index in [0.717, 1.165) is 4.90 Å². The number of carbonyl (C=O) groups is 2. The van der Waals surface area contributed by atoms with Crippen LogP contribution in [0.4, 0.5) is 11.4 Å². The van der Waals surface area contributed by atoms with Crippen LogP contribution >= 0.6 is 0 Å². The lowest BCUT2D eigenvalue weighted by Crippen LogP contribution is -2.54. The number of carbonyl (C=O) groups excluding carboxylic acids is 2. The standard InChI is InChI=1S/C13H15N3O3/c1-7-11(17)16(12(18)13(15)4-5-13)9-6-8(14)2-3-10(9)19-7/h2-3,6-7H,4-5,14-15H2,1H3. The van der Waals surface area contributed by atoms with E-state index in [1.807, 2.05) is 0 Å². The number of hydrogen-bond acceptors (Lipinski definition) is 5. The lowest BCUT2D eigenvalue weighted by atomic mass is 10.1. The zero-order valence-corrected chi connectivity index (χ0v) is 10.6. The van der Waals surface area contributed by atoms with Gasteiger partial charge in [0.2, 0.25) is 0 Å². The summed E-state index contributed by atoms with van der Waals surface area (Å²) in [6.45, 7) is 1.61. The summed E-state index contributed by atoms with van der Waals surface area (Å²) in [5.74, 6) is -0.307. The molecule has 0 aromatic heterocycles. The van der Waals surface area contributed by atoms with Crippen LogP contribution in [0.3, 0.4) is 0 Å². The maximum atomic E-state index is 12.4. The fourth-order valence-corrected chi connectivity index (χ4v) is 2.13. The van der Waals surface area contributed by atoms with Crippen molar-refractivity contribution in [3.8, 4) is 5.75 Å². The second-order valence-corrected chi connectivity index (χ2v) is 5.12. The van der Waals surface area contributed by atoms with Gasteiger partial charge in [0.15, 0.2) is 6.10 Å². The van der Waals surface area contributed by atoms with Crippen LogP contribution < -0.4 is 21.1 Å². The second-order valence-electron chi connectivity index (χ2n) is 5.12. The van der Waals surface area contributed by atoms with Crippen LogP contribution in [0.1, 0.15) is 19.8 Å². The van der Waals surface area contributed by atoms with Crippen molar-refractivity contribution in [3.05, 3.63) is 18.2 Å². The lowest BCUT2D eigenvalue weighted by molar-refractivity contribution is -0.132. The number of ether oxygens (including phenoxy) is 1. The summed E-state index contributed by atoms with van der Waals surface area (Å²) in [6, 6.07) is 4.88. The molecule has 4 N–H and O–H groups in total. The number of nitrogen functional groups attached to an aromatic ring is 1. The van der Waals surface area contributed by atoms with Gasteiger partial charge in [-0.2, -0.15) is 0 Å². The second kappa shape index (κ2) is 3.71. The Hall–Kier alpha value is -2.08. The number of anilines is 2. The normalized spacial score (nSPS) is 23.6. The molecule has 6 heteroatoms. The van der Waals surface area contributed by atoms with Gasteiger partial charge in [-0.25, -0.2) is 4.90 Å². The largest absolute Gasteiger partial charge is 0.479 e. The van der Waals surface area contributed by atoms with Gasteiger partial charge >= 0.3 is 0 Å². The smallest absolute Gasteiger partial charge is 0.274 e. The van der Waals surface area contributed by atoms with Crippen LogP contribution in [0.15, 0.2) is 18.2 Å². The first-order valence-corrected chi connectivity index (χ1v) is 6.16. The highest BCUT2D eigenvalue weighted by Crippen LogP contribution is 2.41. The summed E-state index contributed by atoms with van der Waals surface area (Å²) in [6.07, 6.45) is 0.493. The van der Waals surface area contributed by atoms with Crippen molar-refractivity contribution in [1.82, 2.24) is 0 Å². The van der Waals surface area contributed by atoms with Crippen molar-refractivity contribution in [2.75, 3.05) is 10.6 Å². The molecule has 1 heterocycles. The van der Waals surface area contributed by atoms with Crippen LogP contribution in [0.25, 0.3) is 0 Å². The topological polar surface area (TPSA) is 98.7 Å². The number of imide groups is 1. The molecule has 0 bridgehead atoms. The van der Waals surface area contributed by atoms with Crippen molar-refractivity contribution >= 4 is 23.2 Å². The van der Waals surface area contributed by atoms with E-state index in [9.17, 15) is 9.59 Å². The van der Waals surface area contributed by atoms with Crippen LogP contribution in [0.2, 0.25) is 0 Å². The zero-order valence-electron chi connectivity index (χ0n) is 10.6. The molecule has 1 aromatic rings. The average Bonchev–Trinajstić information content (AvgIpc) is 3.10. The highest BCUT2D eigenvalue weighted by molar-refractivity contribution is 6.21. The minimum atomic E-state index is -0.908. The van der Waals surface area contributed by atoms with E-state index >= 15 is 0 Å². The predicted molar refractivity (Wildman–Crippen MR) is 69.6 cm³/mol. The maximum absolute atomic E-state index is 12.4. The molecular formula is C13H15N3O3. The van der Waals surface area contributed by atoms with Gasteiger partial charge in [-0.1, -0.05) is 0 Å². The van der Waals surface area contributed by atoms with Crippen molar-refractivity contribution in [2.45, 2.75) is 31.4 Å². The van der Waals surface area contributed by atoms with Crippen LogP contribution in [0, 0.1) is 0 Å². The number of hydrogen-bond donors (Lipinski definition) is 2. The summed E-state index contributed by atoms with van der Waals surface area (Å²) in [7, 11) is 0. The van der Waals surface area contributed by atoms with Crippen molar-refractivity contribution < 1.29 is 14.3 Å². The number of benzene rings is 1. The number of fused-ring (bicyclic) bond motifs is 1. The third kappa shape index (κ3) is 1.76. The van der Waals surface area contributed by atoms with E-state index in [2.05, 4.69) is 0 Å². The molecule has 19 heavy (non-hydrogen) atoms. The van der Waals surface area contributed by atoms with Gasteiger partial charge < -0.3 is 16.2 Å². The Morgan fingerprint density at radius 1 is 1.47 bits per heavy atom. The summed E-state index contributed by atoms with van der Waals surface area (Å²) < 4.78 is 5.47. The molecule has 1 fully saturated rings. The Balaban J connectivity index is 2.09. The molecule has 0 saturated heterocycles. The van der Waals surface area contributed by atoms with Gasteiger partial charge in [0, 0.05) is 5.69 Å². The van der Waals surface area contributed by atoms with Crippen molar-refractivity contribution in [2.24, 2.45) is 5.73 Å². The molecule has 1 atom stereocenters. The quantitative estimate of drug-likeness (QED) is 0.563. The highest BCUT2D eigenvalue weighted by Gasteiger charge is 2.52. The van der Waals surface area contributed by atoms with Gasteiger partial charge in [0.05, 0.1) is 11.2 Å². The van der Waals surface area contributed by atoms with E-state index in [-0.39, 0.29) is 5.91 Å². The molecular weight excluding hydrogens is 246 g/mol. The van der Waals surface area contributed by atoms with Gasteiger partial charge in [-0.3, -0.25) is 9.59 Å². The Kier molecular flexibility index (Phi) is 2.34. The summed E-state index contributed by atoms with van der Waals surface area (Å²) in [5.41, 5.74) is 11.6. The molecule has 6 nitrogen and oxygen atoms in total. The molecule has 1 aromatic carbocycles. The Labute approximate surface area is 110 Å². The first-order valence-electron chi connectivity index (χ1n) is 6.16. The molecule has 1 aliphatic carbocycles.